The standard InChI is InChI=1S/C25H43N9O10/c1-26-8-19(37)31(4)13-23(41)33(6)15-21(39)29(2)11-17(35)27-9-20(38)32(5)14-24(42)34(7)16-22(40)30(3)12-18(36)28-10-25(43)44/h26H,8-16H2,1-7H3,(H,27,35)(H,28,36)(H,43,44). The SMILES string of the molecule is CNCC(=O)N(C)CC(=O)N(C)CC(=O)N(C)CC(=O)NCC(=O)N(C)CC(=O)N(C)CC(=O)N(C)CC(=O)NCC(=O)O. The fourth-order valence-electron chi connectivity index (χ4n) is 3.14. The lowest BCUT2D eigenvalue weighted by Crippen LogP contribution is -2.48. The van der Waals surface area contributed by atoms with Crippen LogP contribution in [-0.4, -0.2) is 196 Å². The number of carbonyl (C=O) groups excluding carboxylic acids is 8. The minimum absolute atomic E-state index is 0.0526. The third-order valence-corrected chi connectivity index (χ3v) is 6.01. The van der Waals surface area contributed by atoms with Crippen LogP contribution >= 0.6 is 0 Å². The smallest absolute Gasteiger partial charge is 0.322 e. The van der Waals surface area contributed by atoms with Crippen molar-refractivity contribution in [2.75, 3.05) is 108 Å². The van der Waals surface area contributed by atoms with Gasteiger partial charge in [-0.3, -0.25) is 43.2 Å². The average Bonchev–Trinajstić information content (AvgIpc) is 2.94. The molecule has 0 fully saturated rings. The second kappa shape index (κ2) is 19.4. The average molecular weight is 630 g/mol. The Labute approximate surface area is 255 Å². The van der Waals surface area contributed by atoms with Gasteiger partial charge in [-0.05, 0) is 7.05 Å². The number of nitrogens with zero attached hydrogens (tertiary/aromatic N) is 6. The van der Waals surface area contributed by atoms with Crippen LogP contribution in [0.4, 0.5) is 0 Å². The minimum Gasteiger partial charge on any atom is -0.480 e. The summed E-state index contributed by atoms with van der Waals surface area (Å²) in [5.74, 6) is -5.78. The highest BCUT2D eigenvalue weighted by Crippen LogP contribution is 1.96. The summed E-state index contributed by atoms with van der Waals surface area (Å²) in [7, 11) is 9.70. The van der Waals surface area contributed by atoms with Crippen LogP contribution in [0.1, 0.15) is 0 Å². The lowest BCUT2D eigenvalue weighted by Gasteiger charge is -2.25. The van der Waals surface area contributed by atoms with Gasteiger partial charge in [0.2, 0.25) is 47.3 Å². The number of hydrogen-bond donors (Lipinski definition) is 4. The summed E-state index contributed by atoms with van der Waals surface area (Å²) in [6, 6.07) is 0. The molecule has 0 aliphatic heterocycles. The minimum atomic E-state index is -1.24. The quantitative estimate of drug-likeness (QED) is 0.112. The number of likely N-dealkylation sites (N-methyl/N-ethyl adjacent to an activating group) is 7. The lowest BCUT2D eigenvalue weighted by molar-refractivity contribution is -0.143. The van der Waals surface area contributed by atoms with Crippen molar-refractivity contribution < 1.29 is 48.3 Å². The number of nitrogens with one attached hydrogen (secondary N) is 3. The number of rotatable bonds is 18. The molecule has 0 saturated heterocycles. The predicted octanol–water partition coefficient (Wildman–Crippen LogP) is -5.73. The maximum atomic E-state index is 12.5. The van der Waals surface area contributed by atoms with Crippen molar-refractivity contribution in [3.05, 3.63) is 0 Å². The van der Waals surface area contributed by atoms with Gasteiger partial charge in [-0.1, -0.05) is 0 Å². The zero-order valence-electron chi connectivity index (χ0n) is 26.2. The second-order valence-electron chi connectivity index (χ2n) is 9.98. The van der Waals surface area contributed by atoms with Crippen molar-refractivity contribution >= 4 is 53.2 Å². The molecule has 0 aromatic carbocycles. The van der Waals surface area contributed by atoms with Crippen LogP contribution in [0.15, 0.2) is 0 Å². The van der Waals surface area contributed by atoms with Crippen molar-refractivity contribution in [3.8, 4) is 0 Å². The molecule has 0 aliphatic rings. The van der Waals surface area contributed by atoms with Gasteiger partial charge in [0.25, 0.3) is 0 Å². The summed E-state index contributed by atoms with van der Waals surface area (Å²) in [6.07, 6.45) is 0. The normalized spacial score (nSPS) is 10.2. The van der Waals surface area contributed by atoms with Gasteiger partial charge in [0, 0.05) is 42.3 Å². The van der Waals surface area contributed by atoms with Crippen molar-refractivity contribution in [2.24, 2.45) is 0 Å². The molecule has 0 aromatic heterocycles. The van der Waals surface area contributed by atoms with E-state index in [1.54, 1.807) is 7.05 Å². The first kappa shape index (κ1) is 39.2. The molecule has 0 radical (unpaired) electrons. The van der Waals surface area contributed by atoms with E-state index in [9.17, 15) is 43.2 Å². The highest BCUT2D eigenvalue weighted by atomic mass is 16.4. The summed E-state index contributed by atoms with van der Waals surface area (Å²) >= 11 is 0. The first-order chi connectivity index (χ1) is 20.4. The summed E-state index contributed by atoms with van der Waals surface area (Å²) in [6.45, 7) is -3.26. The number of carboxylic acids is 1. The van der Waals surface area contributed by atoms with E-state index >= 15 is 0 Å². The van der Waals surface area contributed by atoms with Gasteiger partial charge >= 0.3 is 5.97 Å². The van der Waals surface area contributed by atoms with Crippen molar-refractivity contribution in [3.63, 3.8) is 0 Å². The van der Waals surface area contributed by atoms with Crippen molar-refractivity contribution in [1.82, 2.24) is 45.3 Å². The maximum absolute atomic E-state index is 12.5. The molecule has 19 nitrogen and oxygen atoms in total. The molecule has 44 heavy (non-hydrogen) atoms. The Kier molecular flexibility index (Phi) is 17.3. The second-order valence-corrected chi connectivity index (χ2v) is 9.98. The first-order valence-electron chi connectivity index (χ1n) is 13.2. The van der Waals surface area contributed by atoms with Crippen LogP contribution in [0.3, 0.4) is 0 Å². The first-order valence-corrected chi connectivity index (χ1v) is 13.2. The molecule has 0 unspecified atom stereocenters. The highest BCUT2D eigenvalue weighted by molar-refractivity contribution is 5.93. The van der Waals surface area contributed by atoms with Gasteiger partial charge in [-0.15, -0.1) is 0 Å². The third kappa shape index (κ3) is 15.4. The molecule has 0 atom stereocenters. The summed E-state index contributed by atoms with van der Waals surface area (Å²) in [4.78, 5) is 115. The highest BCUT2D eigenvalue weighted by Gasteiger charge is 2.23. The van der Waals surface area contributed by atoms with Crippen molar-refractivity contribution in [1.29, 1.82) is 0 Å². The van der Waals surface area contributed by atoms with E-state index in [0.717, 1.165) is 24.5 Å². The third-order valence-electron chi connectivity index (χ3n) is 6.01. The van der Waals surface area contributed by atoms with E-state index in [1.807, 2.05) is 0 Å². The number of amides is 8. The van der Waals surface area contributed by atoms with Gasteiger partial charge in [0.05, 0.1) is 52.4 Å². The van der Waals surface area contributed by atoms with E-state index in [0.29, 0.717) is 0 Å². The molecule has 19 heteroatoms. The molecule has 0 spiro atoms. The number of carbonyl (C=O) groups is 9. The van der Waals surface area contributed by atoms with E-state index in [2.05, 4.69) is 16.0 Å². The van der Waals surface area contributed by atoms with E-state index in [4.69, 9.17) is 5.11 Å². The van der Waals surface area contributed by atoms with Crippen LogP contribution in [-0.2, 0) is 43.2 Å². The maximum Gasteiger partial charge on any atom is 0.322 e. The summed E-state index contributed by atoms with van der Waals surface area (Å²) < 4.78 is 0. The Morgan fingerprint density at radius 1 is 0.432 bits per heavy atom. The molecule has 4 N–H and O–H groups in total. The Morgan fingerprint density at radius 3 is 1.02 bits per heavy atom. The zero-order valence-corrected chi connectivity index (χ0v) is 26.2. The summed E-state index contributed by atoms with van der Waals surface area (Å²) in [5, 5.41) is 15.7. The molecule has 8 amide bonds. The number of aliphatic carboxylic acids is 1. The van der Waals surface area contributed by atoms with E-state index in [1.165, 1.54) is 47.2 Å². The van der Waals surface area contributed by atoms with Gasteiger partial charge in [0.15, 0.2) is 0 Å². The molecule has 0 saturated carbocycles. The summed E-state index contributed by atoms with van der Waals surface area (Å²) in [5.41, 5.74) is 0. The molecule has 248 valence electrons. The number of hydrogen-bond acceptors (Lipinski definition) is 10. The fraction of sp³-hybridized carbons (Fsp3) is 0.640. The van der Waals surface area contributed by atoms with Gasteiger partial charge in [-0.25, -0.2) is 0 Å². The van der Waals surface area contributed by atoms with Crippen LogP contribution in [0.25, 0.3) is 0 Å². The van der Waals surface area contributed by atoms with Crippen molar-refractivity contribution in [2.45, 2.75) is 0 Å². The Morgan fingerprint density at radius 2 is 0.705 bits per heavy atom. The van der Waals surface area contributed by atoms with E-state index < -0.39 is 86.6 Å². The Bertz CT molecular complexity index is 1100. The Balaban J connectivity index is 4.60. The zero-order chi connectivity index (χ0) is 34.1. The fourth-order valence-corrected chi connectivity index (χ4v) is 3.14. The molecule has 0 bridgehead atoms. The van der Waals surface area contributed by atoms with Crippen LogP contribution in [0, 0.1) is 0 Å². The molecular weight excluding hydrogens is 586 g/mol. The van der Waals surface area contributed by atoms with Gasteiger partial charge in [-0.2, -0.15) is 0 Å². The Hall–Kier alpha value is -4.81. The molecule has 0 rings (SSSR count). The van der Waals surface area contributed by atoms with E-state index in [-0.39, 0.29) is 25.5 Å². The monoisotopic (exact) mass is 629 g/mol. The van der Waals surface area contributed by atoms with Crippen LogP contribution < -0.4 is 16.0 Å². The molecule has 0 aliphatic carbocycles. The van der Waals surface area contributed by atoms with Crippen LogP contribution in [0.2, 0.25) is 0 Å². The number of carboxylic acid groups (broad SMARTS) is 1. The predicted molar refractivity (Wildman–Crippen MR) is 153 cm³/mol. The van der Waals surface area contributed by atoms with Gasteiger partial charge in [0.1, 0.15) is 6.54 Å². The van der Waals surface area contributed by atoms with Crippen LogP contribution in [0.5, 0.6) is 0 Å². The molecule has 0 aromatic rings. The topological polar surface area (TPSA) is 229 Å². The van der Waals surface area contributed by atoms with Gasteiger partial charge < -0.3 is 50.5 Å². The lowest BCUT2D eigenvalue weighted by atomic mass is 10.3. The molecular formula is C25H43N9O10. The molecule has 0 heterocycles. The largest absolute Gasteiger partial charge is 0.480 e.